The molecular weight excluding hydrogens is 300 g/mol. The third kappa shape index (κ3) is 4.96. The minimum absolute atomic E-state index is 0.0530. The van der Waals surface area contributed by atoms with E-state index in [1.807, 2.05) is 25.3 Å². The predicted octanol–water partition coefficient (Wildman–Crippen LogP) is 2.86. The largest absolute Gasteiger partial charge is 0.472 e. The second-order valence-electron chi connectivity index (χ2n) is 6.33. The molecule has 2 heterocycles. The van der Waals surface area contributed by atoms with Crippen molar-refractivity contribution in [3.8, 4) is 10.6 Å². The lowest BCUT2D eigenvalue weighted by Gasteiger charge is -2.26. The molecule has 0 aliphatic carbocycles. The SMILES string of the molecule is CC(O)CC(C)(C)CNC(=O)Cc1csc(-c2ccoc2)n1. The quantitative estimate of drug-likeness (QED) is 0.822. The first-order chi connectivity index (χ1) is 10.4. The normalized spacial score (nSPS) is 13.1. The van der Waals surface area contributed by atoms with Gasteiger partial charge < -0.3 is 14.8 Å². The molecule has 0 spiro atoms. The zero-order valence-corrected chi connectivity index (χ0v) is 13.9. The van der Waals surface area contributed by atoms with Crippen LogP contribution in [0.1, 0.15) is 32.9 Å². The Morgan fingerprint density at radius 3 is 2.95 bits per heavy atom. The molecule has 22 heavy (non-hydrogen) atoms. The number of thiazole rings is 1. The van der Waals surface area contributed by atoms with Gasteiger partial charge >= 0.3 is 0 Å². The van der Waals surface area contributed by atoms with Crippen molar-refractivity contribution < 1.29 is 14.3 Å². The van der Waals surface area contributed by atoms with Gasteiger partial charge in [0.25, 0.3) is 0 Å². The van der Waals surface area contributed by atoms with Gasteiger partial charge in [0.15, 0.2) is 0 Å². The molecule has 1 atom stereocenters. The van der Waals surface area contributed by atoms with Crippen LogP contribution in [0.15, 0.2) is 28.4 Å². The van der Waals surface area contributed by atoms with E-state index in [1.54, 1.807) is 19.5 Å². The van der Waals surface area contributed by atoms with Crippen LogP contribution in [0.5, 0.6) is 0 Å². The summed E-state index contributed by atoms with van der Waals surface area (Å²) in [6.07, 6.45) is 3.78. The van der Waals surface area contributed by atoms with E-state index in [1.165, 1.54) is 11.3 Å². The van der Waals surface area contributed by atoms with Crippen LogP contribution in [0.25, 0.3) is 10.6 Å². The summed E-state index contributed by atoms with van der Waals surface area (Å²) in [5.74, 6) is -0.0530. The maximum Gasteiger partial charge on any atom is 0.226 e. The van der Waals surface area contributed by atoms with Crippen molar-refractivity contribution in [3.63, 3.8) is 0 Å². The summed E-state index contributed by atoms with van der Waals surface area (Å²) in [6.45, 7) is 6.35. The van der Waals surface area contributed by atoms with Gasteiger partial charge in [-0.05, 0) is 24.8 Å². The summed E-state index contributed by atoms with van der Waals surface area (Å²) in [4.78, 5) is 16.5. The van der Waals surface area contributed by atoms with Crippen molar-refractivity contribution in [2.45, 2.75) is 39.7 Å². The molecule has 2 aromatic heterocycles. The number of hydrogen-bond donors (Lipinski definition) is 2. The van der Waals surface area contributed by atoms with E-state index in [2.05, 4.69) is 10.3 Å². The van der Waals surface area contributed by atoms with Gasteiger partial charge in [-0.1, -0.05) is 13.8 Å². The Morgan fingerprint density at radius 1 is 1.55 bits per heavy atom. The monoisotopic (exact) mass is 322 g/mol. The van der Waals surface area contributed by atoms with Crippen LogP contribution >= 0.6 is 11.3 Å². The lowest BCUT2D eigenvalue weighted by Crippen LogP contribution is -2.36. The summed E-state index contributed by atoms with van der Waals surface area (Å²) in [7, 11) is 0. The summed E-state index contributed by atoms with van der Waals surface area (Å²) < 4.78 is 5.03. The van der Waals surface area contributed by atoms with Crippen LogP contribution in [0, 0.1) is 5.41 Å². The smallest absolute Gasteiger partial charge is 0.226 e. The number of nitrogens with zero attached hydrogens (tertiary/aromatic N) is 1. The molecule has 2 N–H and O–H groups in total. The Kier molecular flexibility index (Phi) is 5.37. The third-order valence-corrected chi connectivity index (χ3v) is 4.21. The van der Waals surface area contributed by atoms with Crippen LogP contribution in [0.2, 0.25) is 0 Å². The lowest BCUT2D eigenvalue weighted by molar-refractivity contribution is -0.121. The van der Waals surface area contributed by atoms with Gasteiger partial charge in [-0.2, -0.15) is 0 Å². The highest BCUT2D eigenvalue weighted by Gasteiger charge is 2.21. The Balaban J connectivity index is 1.85. The van der Waals surface area contributed by atoms with Crippen LogP contribution in [0.4, 0.5) is 0 Å². The van der Waals surface area contributed by atoms with Crippen molar-refractivity contribution in [1.82, 2.24) is 10.3 Å². The minimum atomic E-state index is -0.372. The first-order valence-electron chi connectivity index (χ1n) is 7.27. The Bertz CT molecular complexity index is 603. The van der Waals surface area contributed by atoms with E-state index >= 15 is 0 Å². The molecule has 0 radical (unpaired) electrons. The molecule has 0 aromatic carbocycles. The summed E-state index contributed by atoms with van der Waals surface area (Å²) >= 11 is 1.50. The lowest BCUT2D eigenvalue weighted by atomic mass is 9.87. The third-order valence-electron chi connectivity index (χ3n) is 3.27. The molecule has 0 fully saturated rings. The van der Waals surface area contributed by atoms with Gasteiger partial charge in [-0.15, -0.1) is 11.3 Å². The van der Waals surface area contributed by atoms with Crippen molar-refractivity contribution in [2.75, 3.05) is 6.54 Å². The van der Waals surface area contributed by atoms with Gasteiger partial charge in [-0.25, -0.2) is 4.98 Å². The zero-order valence-electron chi connectivity index (χ0n) is 13.1. The summed E-state index contributed by atoms with van der Waals surface area (Å²) in [5, 5.41) is 15.1. The molecule has 1 unspecified atom stereocenters. The number of aliphatic hydroxyl groups excluding tert-OH is 1. The predicted molar refractivity (Wildman–Crippen MR) is 86.6 cm³/mol. The average Bonchev–Trinajstić information content (AvgIpc) is 3.05. The molecule has 2 aromatic rings. The fourth-order valence-corrected chi connectivity index (χ4v) is 3.15. The van der Waals surface area contributed by atoms with E-state index < -0.39 is 0 Å². The van der Waals surface area contributed by atoms with Crippen LogP contribution in [-0.2, 0) is 11.2 Å². The number of amides is 1. The second-order valence-corrected chi connectivity index (χ2v) is 7.18. The molecule has 0 aliphatic heterocycles. The van der Waals surface area contributed by atoms with Gasteiger partial charge in [0, 0.05) is 17.5 Å². The fourth-order valence-electron chi connectivity index (χ4n) is 2.34. The number of nitrogens with one attached hydrogen (secondary N) is 1. The van der Waals surface area contributed by atoms with E-state index in [0.29, 0.717) is 13.0 Å². The van der Waals surface area contributed by atoms with Crippen LogP contribution < -0.4 is 5.32 Å². The number of rotatable bonds is 7. The van der Waals surface area contributed by atoms with E-state index in [9.17, 15) is 9.90 Å². The molecular formula is C16H22N2O3S. The molecule has 2 rings (SSSR count). The molecule has 0 aliphatic rings. The highest BCUT2D eigenvalue weighted by atomic mass is 32.1. The standard InChI is InChI=1S/C16H22N2O3S/c1-11(19)7-16(2,3)10-17-14(20)6-13-9-22-15(18-13)12-4-5-21-8-12/h4-5,8-9,11,19H,6-7,10H2,1-3H3,(H,17,20). The molecule has 0 saturated carbocycles. The van der Waals surface area contributed by atoms with Gasteiger partial charge in [0.2, 0.25) is 5.91 Å². The molecule has 6 heteroatoms. The highest BCUT2D eigenvalue weighted by molar-refractivity contribution is 7.13. The average molecular weight is 322 g/mol. The van der Waals surface area contributed by atoms with Crippen molar-refractivity contribution in [3.05, 3.63) is 29.7 Å². The topological polar surface area (TPSA) is 75.4 Å². The van der Waals surface area contributed by atoms with Crippen molar-refractivity contribution in [2.24, 2.45) is 5.41 Å². The Labute approximate surface area is 134 Å². The minimum Gasteiger partial charge on any atom is -0.472 e. The van der Waals surface area contributed by atoms with Crippen LogP contribution in [0.3, 0.4) is 0 Å². The van der Waals surface area contributed by atoms with Crippen molar-refractivity contribution in [1.29, 1.82) is 0 Å². The Hall–Kier alpha value is -1.66. The summed E-state index contributed by atoms with van der Waals surface area (Å²) in [5.41, 5.74) is 1.55. The van der Waals surface area contributed by atoms with E-state index in [0.717, 1.165) is 16.3 Å². The maximum atomic E-state index is 12.0. The molecule has 0 saturated heterocycles. The number of carbonyl (C=O) groups is 1. The van der Waals surface area contributed by atoms with Gasteiger partial charge in [-0.3, -0.25) is 4.79 Å². The fraction of sp³-hybridized carbons (Fsp3) is 0.500. The number of aromatic nitrogens is 1. The van der Waals surface area contributed by atoms with E-state index in [-0.39, 0.29) is 23.8 Å². The number of carbonyl (C=O) groups excluding carboxylic acids is 1. The first kappa shape index (κ1) is 16.7. The molecule has 5 nitrogen and oxygen atoms in total. The molecule has 0 bridgehead atoms. The number of aliphatic hydroxyl groups is 1. The molecule has 120 valence electrons. The second kappa shape index (κ2) is 7.07. The van der Waals surface area contributed by atoms with Crippen LogP contribution in [-0.4, -0.2) is 28.6 Å². The van der Waals surface area contributed by atoms with Gasteiger partial charge in [0.1, 0.15) is 11.3 Å². The van der Waals surface area contributed by atoms with Gasteiger partial charge in [0.05, 0.1) is 24.5 Å². The first-order valence-corrected chi connectivity index (χ1v) is 8.15. The maximum absolute atomic E-state index is 12.0. The highest BCUT2D eigenvalue weighted by Crippen LogP contribution is 2.24. The molecule has 1 amide bonds. The number of furan rings is 1. The van der Waals surface area contributed by atoms with E-state index in [4.69, 9.17) is 4.42 Å². The zero-order chi connectivity index (χ0) is 16.2. The summed E-state index contributed by atoms with van der Waals surface area (Å²) in [6, 6.07) is 1.85. The van der Waals surface area contributed by atoms with Crippen molar-refractivity contribution >= 4 is 17.2 Å². The number of hydrogen-bond acceptors (Lipinski definition) is 5. The Morgan fingerprint density at radius 2 is 2.32 bits per heavy atom.